The molecule has 0 atom stereocenters. The molecule has 0 fully saturated rings. The zero-order chi connectivity index (χ0) is 16.4. The summed E-state index contributed by atoms with van der Waals surface area (Å²) in [6.45, 7) is 0. The summed E-state index contributed by atoms with van der Waals surface area (Å²) in [7, 11) is -1.20. The van der Waals surface area contributed by atoms with Gasteiger partial charge in [0.15, 0.2) is 0 Å². The molecule has 2 aromatic carbocycles. The molecule has 0 spiro atoms. The van der Waals surface area contributed by atoms with Gasteiger partial charge >= 0.3 is 0 Å². The van der Waals surface area contributed by atoms with Crippen molar-refractivity contribution in [2.45, 2.75) is 4.90 Å². The summed E-state index contributed by atoms with van der Waals surface area (Å²) in [5.74, 6) is -0.0671. The van der Waals surface area contributed by atoms with Crippen LogP contribution in [0.4, 0.5) is 0 Å². The molecule has 0 saturated heterocycles. The Kier molecular flexibility index (Phi) is 3.92. The van der Waals surface area contributed by atoms with Crippen LogP contribution in [0.1, 0.15) is 11.1 Å². The molecule has 0 unspecified atom stereocenters. The van der Waals surface area contributed by atoms with Crippen LogP contribution in [-0.2, 0) is 19.3 Å². The van der Waals surface area contributed by atoms with Gasteiger partial charge in [-0.2, -0.15) is 0 Å². The van der Waals surface area contributed by atoms with E-state index in [4.69, 9.17) is 9.47 Å². The van der Waals surface area contributed by atoms with Crippen LogP contribution in [0.2, 0.25) is 0 Å². The van der Waals surface area contributed by atoms with E-state index >= 15 is 0 Å². The summed E-state index contributed by atoms with van der Waals surface area (Å²) in [6.07, 6.45) is 0. The molecule has 0 aromatic heterocycles. The second-order valence-corrected chi connectivity index (χ2v) is 6.64. The van der Waals surface area contributed by atoms with Crippen LogP contribution in [-0.4, -0.2) is 28.3 Å². The highest BCUT2D eigenvalue weighted by Gasteiger charge is 2.33. The second-order valence-electron chi connectivity index (χ2n) is 4.83. The summed E-state index contributed by atoms with van der Waals surface area (Å²) in [5.41, 5.74) is 1.83. The minimum atomic E-state index is -3.85. The zero-order valence-corrected chi connectivity index (χ0v) is 13.5. The molecule has 0 bridgehead atoms. The number of ether oxygens (including phenoxy) is 2. The monoisotopic (exact) mass is 329 g/mol. The van der Waals surface area contributed by atoms with Gasteiger partial charge in [-0.25, -0.2) is 13.4 Å². The fourth-order valence-electron chi connectivity index (χ4n) is 2.46. The first-order chi connectivity index (χ1) is 11.1. The molecule has 1 aliphatic rings. The third kappa shape index (κ3) is 2.51. The van der Waals surface area contributed by atoms with Crippen molar-refractivity contribution in [3.8, 4) is 0 Å². The molecule has 23 heavy (non-hydrogen) atoms. The fourth-order valence-corrected chi connectivity index (χ4v) is 3.95. The first kappa shape index (κ1) is 15.3. The standard InChI is InChI=1S/C17H15NO4S/c1-21-16-17(22-2)23(19,20)14-11-7-6-10-13(14)15(18-16)12-8-4-3-5-9-12/h3-11H,1-2H3. The van der Waals surface area contributed by atoms with E-state index in [-0.39, 0.29) is 15.9 Å². The molecule has 0 N–H and O–H groups in total. The number of methoxy groups -OCH3 is 2. The van der Waals surface area contributed by atoms with Crippen LogP contribution < -0.4 is 0 Å². The van der Waals surface area contributed by atoms with E-state index in [2.05, 4.69) is 4.99 Å². The Morgan fingerprint density at radius 1 is 0.870 bits per heavy atom. The Balaban J connectivity index is 2.40. The van der Waals surface area contributed by atoms with Crippen molar-refractivity contribution in [1.82, 2.24) is 0 Å². The molecule has 6 heteroatoms. The molecule has 0 aliphatic carbocycles. The average Bonchev–Trinajstić information content (AvgIpc) is 2.68. The van der Waals surface area contributed by atoms with Gasteiger partial charge in [0, 0.05) is 11.1 Å². The summed E-state index contributed by atoms with van der Waals surface area (Å²) in [6, 6.07) is 16.1. The Labute approximate surface area is 134 Å². The highest BCUT2D eigenvalue weighted by atomic mass is 32.2. The zero-order valence-electron chi connectivity index (χ0n) is 12.7. The molecule has 0 radical (unpaired) electrons. The molecule has 0 amide bonds. The van der Waals surface area contributed by atoms with Crippen molar-refractivity contribution >= 4 is 15.5 Å². The van der Waals surface area contributed by atoms with Crippen LogP contribution in [0.5, 0.6) is 0 Å². The topological polar surface area (TPSA) is 65.0 Å². The van der Waals surface area contributed by atoms with Crippen molar-refractivity contribution in [2.24, 2.45) is 4.99 Å². The predicted octanol–water partition coefficient (Wildman–Crippen LogP) is 2.73. The van der Waals surface area contributed by atoms with Gasteiger partial charge in [-0.3, -0.25) is 0 Å². The smallest absolute Gasteiger partial charge is 0.280 e. The number of sulfone groups is 1. The van der Waals surface area contributed by atoms with Crippen LogP contribution >= 0.6 is 0 Å². The second kappa shape index (κ2) is 5.89. The van der Waals surface area contributed by atoms with Crippen LogP contribution in [0, 0.1) is 0 Å². The van der Waals surface area contributed by atoms with Crippen molar-refractivity contribution in [3.05, 3.63) is 76.7 Å². The van der Waals surface area contributed by atoms with Crippen LogP contribution in [0.15, 0.2) is 75.5 Å². The lowest BCUT2D eigenvalue weighted by atomic mass is 10.0. The maximum atomic E-state index is 12.9. The van der Waals surface area contributed by atoms with Crippen molar-refractivity contribution in [1.29, 1.82) is 0 Å². The first-order valence-corrected chi connectivity index (χ1v) is 8.38. The molecular weight excluding hydrogens is 314 g/mol. The predicted molar refractivity (Wildman–Crippen MR) is 86.8 cm³/mol. The summed E-state index contributed by atoms with van der Waals surface area (Å²) in [5, 5.41) is -0.293. The van der Waals surface area contributed by atoms with Crippen molar-refractivity contribution < 1.29 is 17.9 Å². The average molecular weight is 329 g/mol. The first-order valence-electron chi connectivity index (χ1n) is 6.90. The maximum absolute atomic E-state index is 12.9. The molecule has 3 rings (SSSR count). The lowest BCUT2D eigenvalue weighted by Gasteiger charge is -2.10. The Hall–Kier alpha value is -2.60. The van der Waals surface area contributed by atoms with E-state index in [1.807, 2.05) is 30.3 Å². The third-order valence-electron chi connectivity index (χ3n) is 3.49. The molecule has 5 nitrogen and oxygen atoms in total. The Morgan fingerprint density at radius 2 is 1.52 bits per heavy atom. The quantitative estimate of drug-likeness (QED) is 0.868. The normalized spacial score (nSPS) is 16.2. The largest absolute Gasteiger partial charge is 0.482 e. The lowest BCUT2D eigenvalue weighted by Crippen LogP contribution is -2.11. The SMILES string of the molecule is COC1=C(OC)S(=O)(=O)c2ccccc2C(c2ccccc2)=N1. The number of aliphatic imine (C=N–C) groups is 1. The number of nitrogens with zero attached hydrogens (tertiary/aromatic N) is 1. The maximum Gasteiger partial charge on any atom is 0.280 e. The number of fused-ring (bicyclic) bond motifs is 1. The van der Waals surface area contributed by atoms with Crippen molar-refractivity contribution in [3.63, 3.8) is 0 Å². The fraction of sp³-hybridized carbons (Fsp3) is 0.118. The van der Waals surface area contributed by atoms with Gasteiger partial charge in [0.2, 0.25) is 9.84 Å². The Bertz CT molecular complexity index is 899. The summed E-state index contributed by atoms with van der Waals surface area (Å²) < 4.78 is 36.0. The van der Waals surface area contributed by atoms with Gasteiger partial charge in [0.1, 0.15) is 0 Å². The third-order valence-corrected chi connectivity index (χ3v) is 5.25. The van der Waals surface area contributed by atoms with E-state index < -0.39 is 9.84 Å². The Morgan fingerprint density at radius 3 is 2.17 bits per heavy atom. The van der Waals surface area contributed by atoms with Gasteiger partial charge in [0.05, 0.1) is 24.8 Å². The number of benzene rings is 2. The van der Waals surface area contributed by atoms with E-state index in [1.165, 1.54) is 14.2 Å². The van der Waals surface area contributed by atoms with Gasteiger partial charge in [0.25, 0.3) is 11.0 Å². The molecule has 1 heterocycles. The number of hydrogen-bond acceptors (Lipinski definition) is 5. The molecule has 1 aliphatic heterocycles. The number of rotatable bonds is 3. The van der Waals surface area contributed by atoms with Gasteiger partial charge in [-0.05, 0) is 6.07 Å². The molecule has 2 aromatic rings. The van der Waals surface area contributed by atoms with Gasteiger partial charge in [-0.15, -0.1) is 0 Å². The highest BCUT2D eigenvalue weighted by Crippen LogP contribution is 2.32. The lowest BCUT2D eigenvalue weighted by molar-refractivity contribution is 0.236. The van der Waals surface area contributed by atoms with E-state index in [0.29, 0.717) is 11.3 Å². The molecular formula is C17H15NO4S. The molecule has 118 valence electrons. The minimum absolute atomic E-state index is 0.0671. The van der Waals surface area contributed by atoms with Crippen LogP contribution in [0.3, 0.4) is 0 Å². The summed E-state index contributed by atoms with van der Waals surface area (Å²) in [4.78, 5) is 4.57. The van der Waals surface area contributed by atoms with Crippen molar-refractivity contribution in [2.75, 3.05) is 14.2 Å². The van der Waals surface area contributed by atoms with E-state index in [1.54, 1.807) is 24.3 Å². The summed E-state index contributed by atoms with van der Waals surface area (Å²) >= 11 is 0. The minimum Gasteiger partial charge on any atom is -0.482 e. The number of hydrogen-bond donors (Lipinski definition) is 0. The highest BCUT2D eigenvalue weighted by molar-refractivity contribution is 7.95. The van der Waals surface area contributed by atoms with E-state index in [9.17, 15) is 8.42 Å². The van der Waals surface area contributed by atoms with Crippen LogP contribution in [0.25, 0.3) is 0 Å². The van der Waals surface area contributed by atoms with Gasteiger partial charge in [-0.1, -0.05) is 48.5 Å². The van der Waals surface area contributed by atoms with Gasteiger partial charge < -0.3 is 9.47 Å². The van der Waals surface area contributed by atoms with E-state index in [0.717, 1.165) is 5.56 Å². The molecule has 0 saturated carbocycles.